The summed E-state index contributed by atoms with van der Waals surface area (Å²) in [5.74, 6) is -1.15. The molecule has 6 heteroatoms. The number of esters is 1. The quantitative estimate of drug-likeness (QED) is 0.610. The first-order valence-corrected chi connectivity index (χ1v) is 9.30. The number of hydrogen-bond donors (Lipinski definition) is 1. The van der Waals surface area contributed by atoms with Crippen molar-refractivity contribution >= 4 is 22.6 Å². The summed E-state index contributed by atoms with van der Waals surface area (Å²) in [5.41, 5.74) is 0.982. The van der Waals surface area contributed by atoms with Crippen LogP contribution in [0.15, 0.2) is 66.7 Å². The van der Waals surface area contributed by atoms with E-state index in [1.807, 2.05) is 49.4 Å². The van der Waals surface area contributed by atoms with Crippen molar-refractivity contribution in [2.45, 2.75) is 26.0 Å². The average molecular weight is 395 g/mol. The number of nitrogens with one attached hydrogen (secondary N) is 1. The van der Waals surface area contributed by atoms with Gasteiger partial charge in [-0.3, -0.25) is 4.79 Å². The minimum atomic E-state index is -0.927. The molecule has 0 aliphatic carbocycles. The van der Waals surface area contributed by atoms with Crippen molar-refractivity contribution in [1.29, 1.82) is 0 Å². The molecule has 1 N–H and O–H groups in total. The summed E-state index contributed by atoms with van der Waals surface area (Å²) in [6.45, 7) is 2.97. The lowest BCUT2D eigenvalue weighted by atomic mass is 10.00. The number of fused-ring (bicyclic) bond motifs is 1. The van der Waals surface area contributed by atoms with E-state index < -0.39 is 30.4 Å². The van der Waals surface area contributed by atoms with Crippen molar-refractivity contribution in [1.82, 2.24) is 5.32 Å². The van der Waals surface area contributed by atoms with Crippen molar-refractivity contribution < 1.29 is 23.5 Å². The van der Waals surface area contributed by atoms with Crippen LogP contribution in [-0.4, -0.2) is 24.6 Å². The van der Waals surface area contributed by atoms with Crippen LogP contribution < -0.4 is 10.1 Å². The molecule has 0 saturated carbocycles. The van der Waals surface area contributed by atoms with E-state index in [1.165, 1.54) is 31.2 Å². The van der Waals surface area contributed by atoms with Gasteiger partial charge in [-0.25, -0.2) is 9.18 Å². The van der Waals surface area contributed by atoms with Crippen LogP contribution in [0.5, 0.6) is 5.75 Å². The first kappa shape index (κ1) is 20.3. The fourth-order valence-corrected chi connectivity index (χ4v) is 3.01. The van der Waals surface area contributed by atoms with Crippen LogP contribution in [0.3, 0.4) is 0 Å². The smallest absolute Gasteiger partial charge is 0.347 e. The third-order valence-corrected chi connectivity index (χ3v) is 4.47. The zero-order chi connectivity index (χ0) is 20.8. The van der Waals surface area contributed by atoms with Gasteiger partial charge in [0.15, 0.2) is 12.7 Å². The summed E-state index contributed by atoms with van der Waals surface area (Å²) >= 11 is 0. The SMILES string of the molecule is C[C@H](Oc1ccc(F)cc1)C(=O)OCC(=O)N[C@H](C)c1cccc2ccccc12. The molecule has 3 rings (SSSR count). The monoisotopic (exact) mass is 395 g/mol. The predicted molar refractivity (Wildman–Crippen MR) is 108 cm³/mol. The summed E-state index contributed by atoms with van der Waals surface area (Å²) in [5, 5.41) is 4.98. The third-order valence-electron chi connectivity index (χ3n) is 4.47. The van der Waals surface area contributed by atoms with Gasteiger partial charge < -0.3 is 14.8 Å². The third kappa shape index (κ3) is 5.31. The van der Waals surface area contributed by atoms with Crippen LogP contribution in [0.4, 0.5) is 4.39 Å². The maximum atomic E-state index is 12.9. The van der Waals surface area contributed by atoms with Crippen LogP contribution in [0.2, 0.25) is 0 Å². The molecular formula is C23H22FNO4. The van der Waals surface area contributed by atoms with Crippen molar-refractivity contribution in [3.05, 3.63) is 78.1 Å². The molecule has 0 radical (unpaired) electrons. The lowest BCUT2D eigenvalue weighted by Crippen LogP contribution is -2.34. The second-order valence-corrected chi connectivity index (χ2v) is 6.68. The van der Waals surface area contributed by atoms with E-state index >= 15 is 0 Å². The first-order valence-electron chi connectivity index (χ1n) is 9.30. The number of benzene rings is 3. The molecule has 5 nitrogen and oxygen atoms in total. The van der Waals surface area contributed by atoms with Gasteiger partial charge >= 0.3 is 5.97 Å². The summed E-state index contributed by atoms with van der Waals surface area (Å²) in [6.07, 6.45) is -0.927. The van der Waals surface area contributed by atoms with Gasteiger partial charge in [0, 0.05) is 0 Å². The van der Waals surface area contributed by atoms with E-state index in [1.54, 1.807) is 0 Å². The molecule has 2 atom stereocenters. The van der Waals surface area contributed by atoms with Gasteiger partial charge in [0.25, 0.3) is 5.91 Å². The molecule has 0 aromatic heterocycles. The number of carbonyl (C=O) groups is 2. The maximum absolute atomic E-state index is 12.9. The Morgan fingerprint density at radius 1 is 0.966 bits per heavy atom. The first-order chi connectivity index (χ1) is 13.9. The Labute approximate surface area is 168 Å². The zero-order valence-electron chi connectivity index (χ0n) is 16.2. The van der Waals surface area contributed by atoms with Crippen molar-refractivity contribution in [2.24, 2.45) is 0 Å². The summed E-state index contributed by atoms with van der Waals surface area (Å²) in [6, 6.07) is 18.9. The van der Waals surface area contributed by atoms with Gasteiger partial charge in [-0.05, 0) is 54.4 Å². The highest BCUT2D eigenvalue weighted by atomic mass is 19.1. The fourth-order valence-electron chi connectivity index (χ4n) is 3.01. The summed E-state index contributed by atoms with van der Waals surface area (Å²) in [7, 11) is 0. The average Bonchev–Trinajstić information content (AvgIpc) is 2.73. The summed E-state index contributed by atoms with van der Waals surface area (Å²) < 4.78 is 23.3. The standard InChI is InChI=1S/C23H22FNO4/c1-15(20-9-5-7-17-6-3-4-8-21(17)20)25-22(26)14-28-23(27)16(2)29-19-12-10-18(24)11-13-19/h3-13,15-16H,14H2,1-2H3,(H,25,26)/t15-,16+/m1/s1. The maximum Gasteiger partial charge on any atom is 0.347 e. The fraction of sp³-hybridized carbons (Fsp3) is 0.217. The van der Waals surface area contributed by atoms with E-state index in [0.29, 0.717) is 5.75 Å². The molecule has 150 valence electrons. The van der Waals surface area contributed by atoms with E-state index in [4.69, 9.17) is 9.47 Å². The van der Waals surface area contributed by atoms with Crippen LogP contribution in [-0.2, 0) is 14.3 Å². The van der Waals surface area contributed by atoms with Crippen LogP contribution in [0.1, 0.15) is 25.5 Å². The molecule has 0 fully saturated rings. The largest absolute Gasteiger partial charge is 0.479 e. The van der Waals surface area contributed by atoms with Crippen LogP contribution in [0, 0.1) is 5.82 Å². The Bertz CT molecular complexity index is 998. The molecule has 0 aliphatic heterocycles. The van der Waals surface area contributed by atoms with Gasteiger partial charge in [0.05, 0.1) is 6.04 Å². The Hall–Kier alpha value is -3.41. The molecule has 0 spiro atoms. The number of amides is 1. The highest BCUT2D eigenvalue weighted by Gasteiger charge is 2.19. The molecule has 1 amide bonds. The van der Waals surface area contributed by atoms with Gasteiger partial charge in [-0.15, -0.1) is 0 Å². The van der Waals surface area contributed by atoms with Crippen molar-refractivity contribution in [3.63, 3.8) is 0 Å². The molecule has 0 saturated heterocycles. The van der Waals surface area contributed by atoms with E-state index in [-0.39, 0.29) is 6.04 Å². The molecule has 3 aromatic carbocycles. The lowest BCUT2D eigenvalue weighted by Gasteiger charge is -2.17. The molecule has 29 heavy (non-hydrogen) atoms. The Morgan fingerprint density at radius 3 is 2.41 bits per heavy atom. The van der Waals surface area contributed by atoms with Crippen LogP contribution >= 0.6 is 0 Å². The second-order valence-electron chi connectivity index (χ2n) is 6.68. The molecule has 0 aliphatic rings. The zero-order valence-corrected chi connectivity index (χ0v) is 16.2. The number of ether oxygens (including phenoxy) is 2. The molecular weight excluding hydrogens is 373 g/mol. The van der Waals surface area contributed by atoms with E-state index in [0.717, 1.165) is 16.3 Å². The van der Waals surface area contributed by atoms with Gasteiger partial charge in [-0.1, -0.05) is 42.5 Å². The highest BCUT2D eigenvalue weighted by molar-refractivity contribution is 5.87. The van der Waals surface area contributed by atoms with Crippen molar-refractivity contribution in [2.75, 3.05) is 6.61 Å². The van der Waals surface area contributed by atoms with Crippen molar-refractivity contribution in [3.8, 4) is 5.75 Å². The number of rotatable bonds is 7. The molecule has 0 unspecified atom stereocenters. The number of hydrogen-bond acceptors (Lipinski definition) is 4. The molecule has 0 bridgehead atoms. The highest BCUT2D eigenvalue weighted by Crippen LogP contribution is 2.24. The van der Waals surface area contributed by atoms with Gasteiger partial charge in [0.1, 0.15) is 11.6 Å². The predicted octanol–water partition coefficient (Wildman–Crippen LogP) is 4.17. The van der Waals surface area contributed by atoms with E-state index in [2.05, 4.69) is 5.32 Å². The number of carbonyl (C=O) groups excluding carboxylic acids is 2. The van der Waals surface area contributed by atoms with E-state index in [9.17, 15) is 14.0 Å². The van der Waals surface area contributed by atoms with Crippen LogP contribution in [0.25, 0.3) is 10.8 Å². The minimum Gasteiger partial charge on any atom is -0.479 e. The summed E-state index contributed by atoms with van der Waals surface area (Å²) in [4.78, 5) is 24.3. The number of halogens is 1. The van der Waals surface area contributed by atoms with Gasteiger partial charge in [-0.2, -0.15) is 0 Å². The minimum absolute atomic E-state index is 0.250. The topological polar surface area (TPSA) is 64.6 Å². The Kier molecular flexibility index (Phi) is 6.44. The molecule has 3 aromatic rings. The lowest BCUT2D eigenvalue weighted by molar-refractivity contribution is -0.154. The Morgan fingerprint density at radius 2 is 1.66 bits per heavy atom. The normalized spacial score (nSPS) is 12.8. The second kappa shape index (κ2) is 9.19. The molecule has 0 heterocycles. The Balaban J connectivity index is 1.52. The van der Waals surface area contributed by atoms with Gasteiger partial charge in [0.2, 0.25) is 0 Å².